The highest BCUT2D eigenvalue weighted by Gasteiger charge is 2.04. The van der Waals surface area contributed by atoms with Gasteiger partial charge >= 0.3 is 0 Å². The molecule has 0 radical (unpaired) electrons. The molecule has 3 nitrogen and oxygen atoms in total. The van der Waals surface area contributed by atoms with Gasteiger partial charge in [-0.15, -0.1) is 0 Å². The first-order chi connectivity index (χ1) is 7.16. The Hall–Kier alpha value is -0.810. The number of aromatic nitrogens is 2. The molecule has 0 spiro atoms. The Labute approximate surface area is 105 Å². The smallest absolute Gasteiger partial charge is 0.0671 e. The molecule has 0 aliphatic carbocycles. The van der Waals surface area contributed by atoms with Crippen LogP contribution in [0.1, 0.15) is 5.56 Å². The van der Waals surface area contributed by atoms with Crippen molar-refractivity contribution in [3.8, 4) is 0 Å². The fourth-order valence-electron chi connectivity index (χ4n) is 1.32. The molecule has 0 saturated carbocycles. The predicted molar refractivity (Wildman–Crippen MR) is 67.6 cm³/mol. The van der Waals surface area contributed by atoms with E-state index < -0.39 is 0 Å². The van der Waals surface area contributed by atoms with E-state index in [0.29, 0.717) is 6.54 Å². The van der Waals surface area contributed by atoms with Crippen molar-refractivity contribution in [1.29, 1.82) is 0 Å². The van der Waals surface area contributed by atoms with Crippen LogP contribution in [-0.4, -0.2) is 9.78 Å². The van der Waals surface area contributed by atoms with Crippen LogP contribution in [0, 0.1) is 0 Å². The highest BCUT2D eigenvalue weighted by molar-refractivity contribution is 9.11. The molecular formula is C10H9Br2N3. The minimum absolute atomic E-state index is 0.706. The summed E-state index contributed by atoms with van der Waals surface area (Å²) in [7, 11) is 0. The van der Waals surface area contributed by atoms with Crippen LogP contribution in [0.4, 0.5) is 5.69 Å². The maximum atomic E-state index is 5.79. The summed E-state index contributed by atoms with van der Waals surface area (Å²) in [5.74, 6) is 0. The van der Waals surface area contributed by atoms with Crippen LogP contribution < -0.4 is 5.73 Å². The van der Waals surface area contributed by atoms with Crippen molar-refractivity contribution < 1.29 is 0 Å². The zero-order valence-electron chi connectivity index (χ0n) is 7.82. The minimum atomic E-state index is 0.706. The molecule has 1 heterocycles. The first-order valence-electron chi connectivity index (χ1n) is 4.37. The van der Waals surface area contributed by atoms with Gasteiger partial charge in [0.2, 0.25) is 0 Å². The third-order valence-corrected chi connectivity index (χ3v) is 3.42. The summed E-state index contributed by atoms with van der Waals surface area (Å²) in [4.78, 5) is 0. The van der Waals surface area contributed by atoms with Crippen LogP contribution in [0.2, 0.25) is 0 Å². The molecule has 5 heteroatoms. The Morgan fingerprint density at radius 2 is 2.13 bits per heavy atom. The summed E-state index contributed by atoms with van der Waals surface area (Å²) in [5.41, 5.74) is 7.66. The number of nitrogens with zero attached hydrogens (tertiary/aromatic N) is 2. The van der Waals surface area contributed by atoms with Crippen molar-refractivity contribution in [2.24, 2.45) is 0 Å². The fraction of sp³-hybridized carbons (Fsp3) is 0.100. The Bertz CT molecular complexity index is 479. The molecule has 0 unspecified atom stereocenters. The zero-order chi connectivity index (χ0) is 10.8. The molecular weight excluding hydrogens is 322 g/mol. The van der Waals surface area contributed by atoms with E-state index >= 15 is 0 Å². The second-order valence-electron chi connectivity index (χ2n) is 3.18. The van der Waals surface area contributed by atoms with Crippen LogP contribution in [-0.2, 0) is 6.54 Å². The molecule has 0 fully saturated rings. The second-order valence-corrected chi connectivity index (χ2v) is 4.89. The maximum Gasteiger partial charge on any atom is 0.0671 e. The number of benzene rings is 1. The number of nitrogen functional groups attached to an aromatic ring is 1. The van der Waals surface area contributed by atoms with Gasteiger partial charge in [-0.3, -0.25) is 4.68 Å². The molecule has 0 aliphatic rings. The van der Waals surface area contributed by atoms with Gasteiger partial charge in [-0.1, -0.05) is 12.1 Å². The average molecular weight is 331 g/mol. The summed E-state index contributed by atoms with van der Waals surface area (Å²) < 4.78 is 3.77. The Morgan fingerprint density at radius 3 is 2.80 bits per heavy atom. The Morgan fingerprint density at radius 1 is 1.33 bits per heavy atom. The molecule has 1 aromatic heterocycles. The first-order valence-corrected chi connectivity index (χ1v) is 5.96. The van der Waals surface area contributed by atoms with Crippen LogP contribution >= 0.6 is 31.9 Å². The molecule has 1 aromatic carbocycles. The third kappa shape index (κ3) is 2.41. The molecule has 2 rings (SSSR count). The van der Waals surface area contributed by atoms with Gasteiger partial charge in [-0.25, -0.2) is 0 Å². The molecule has 0 bridgehead atoms. The van der Waals surface area contributed by atoms with Crippen molar-refractivity contribution in [2.75, 3.05) is 5.73 Å². The van der Waals surface area contributed by atoms with E-state index in [-0.39, 0.29) is 0 Å². The van der Waals surface area contributed by atoms with Crippen LogP contribution in [0.3, 0.4) is 0 Å². The standard InChI is InChI=1S/C10H9Br2N3/c11-8-4-14-15(6-8)5-7-2-1-3-9(13)10(7)12/h1-4,6H,5,13H2. The number of halogens is 2. The molecule has 15 heavy (non-hydrogen) atoms. The van der Waals surface area contributed by atoms with Gasteiger partial charge in [0, 0.05) is 16.4 Å². The topological polar surface area (TPSA) is 43.8 Å². The largest absolute Gasteiger partial charge is 0.398 e. The van der Waals surface area contributed by atoms with E-state index in [0.717, 1.165) is 20.2 Å². The van der Waals surface area contributed by atoms with E-state index in [4.69, 9.17) is 5.73 Å². The van der Waals surface area contributed by atoms with Gasteiger partial charge in [-0.05, 0) is 43.5 Å². The second kappa shape index (κ2) is 4.37. The predicted octanol–water partition coefficient (Wildman–Crippen LogP) is 3.04. The first kappa shape index (κ1) is 10.7. The average Bonchev–Trinajstić information content (AvgIpc) is 2.59. The molecule has 0 amide bonds. The maximum absolute atomic E-state index is 5.79. The van der Waals surface area contributed by atoms with E-state index in [1.165, 1.54) is 0 Å². The SMILES string of the molecule is Nc1cccc(Cn2cc(Br)cn2)c1Br. The van der Waals surface area contributed by atoms with Crippen LogP contribution in [0.25, 0.3) is 0 Å². The molecule has 0 saturated heterocycles. The Balaban J connectivity index is 2.28. The molecule has 78 valence electrons. The van der Waals surface area contributed by atoms with E-state index in [1.807, 2.05) is 29.1 Å². The van der Waals surface area contributed by atoms with Gasteiger partial charge in [-0.2, -0.15) is 5.10 Å². The van der Waals surface area contributed by atoms with Crippen LogP contribution in [0.15, 0.2) is 39.5 Å². The van der Waals surface area contributed by atoms with Crippen LogP contribution in [0.5, 0.6) is 0 Å². The summed E-state index contributed by atoms with van der Waals surface area (Å²) in [6.45, 7) is 0.706. The van der Waals surface area contributed by atoms with E-state index in [9.17, 15) is 0 Å². The fourth-order valence-corrected chi connectivity index (χ4v) is 2.04. The van der Waals surface area contributed by atoms with E-state index in [1.54, 1.807) is 6.20 Å². The van der Waals surface area contributed by atoms with Crippen molar-refractivity contribution in [1.82, 2.24) is 9.78 Å². The summed E-state index contributed by atoms with van der Waals surface area (Å²) in [6, 6.07) is 5.83. The highest BCUT2D eigenvalue weighted by atomic mass is 79.9. The van der Waals surface area contributed by atoms with Gasteiger partial charge in [0.1, 0.15) is 0 Å². The lowest BCUT2D eigenvalue weighted by molar-refractivity contribution is 0.685. The van der Waals surface area contributed by atoms with Gasteiger partial charge in [0.05, 0.1) is 17.2 Å². The summed E-state index contributed by atoms with van der Waals surface area (Å²) in [5, 5.41) is 4.19. The Kier molecular flexibility index (Phi) is 3.11. The lowest BCUT2D eigenvalue weighted by Crippen LogP contribution is -2.01. The number of anilines is 1. The number of rotatable bonds is 2. The van der Waals surface area contributed by atoms with Gasteiger partial charge < -0.3 is 5.73 Å². The van der Waals surface area contributed by atoms with E-state index in [2.05, 4.69) is 37.0 Å². The number of nitrogens with two attached hydrogens (primary N) is 1. The third-order valence-electron chi connectivity index (χ3n) is 2.04. The van der Waals surface area contributed by atoms with Crippen molar-refractivity contribution >= 4 is 37.5 Å². The molecule has 2 aromatic rings. The molecule has 0 atom stereocenters. The highest BCUT2D eigenvalue weighted by Crippen LogP contribution is 2.24. The zero-order valence-corrected chi connectivity index (χ0v) is 11.0. The van der Waals surface area contributed by atoms with Gasteiger partial charge in [0.25, 0.3) is 0 Å². The lowest BCUT2D eigenvalue weighted by atomic mass is 10.2. The van der Waals surface area contributed by atoms with Gasteiger partial charge in [0.15, 0.2) is 0 Å². The van der Waals surface area contributed by atoms with Crippen molar-refractivity contribution in [3.05, 3.63) is 45.1 Å². The quantitative estimate of drug-likeness (QED) is 0.860. The van der Waals surface area contributed by atoms with Crippen molar-refractivity contribution in [3.63, 3.8) is 0 Å². The molecule has 0 aliphatic heterocycles. The monoisotopic (exact) mass is 329 g/mol. The summed E-state index contributed by atoms with van der Waals surface area (Å²) >= 11 is 6.83. The normalized spacial score (nSPS) is 10.5. The number of hydrogen-bond acceptors (Lipinski definition) is 2. The molecule has 2 N–H and O–H groups in total. The lowest BCUT2D eigenvalue weighted by Gasteiger charge is -2.06. The minimum Gasteiger partial charge on any atom is -0.398 e. The number of hydrogen-bond donors (Lipinski definition) is 1. The summed E-state index contributed by atoms with van der Waals surface area (Å²) in [6.07, 6.45) is 3.69. The van der Waals surface area contributed by atoms with Crippen molar-refractivity contribution in [2.45, 2.75) is 6.54 Å².